The number of aromatic nitrogens is 2. The number of amides is 1. The summed E-state index contributed by atoms with van der Waals surface area (Å²) in [6, 6.07) is 5.64. The highest BCUT2D eigenvalue weighted by Gasteiger charge is 2.11. The van der Waals surface area contributed by atoms with Gasteiger partial charge in [0.1, 0.15) is 5.82 Å². The molecule has 1 amide bonds. The van der Waals surface area contributed by atoms with Crippen molar-refractivity contribution in [2.45, 2.75) is 52.5 Å². The molecule has 1 unspecified atom stereocenters. The van der Waals surface area contributed by atoms with Crippen molar-refractivity contribution in [3.05, 3.63) is 53.5 Å². The van der Waals surface area contributed by atoms with Gasteiger partial charge in [-0.15, -0.1) is 0 Å². The summed E-state index contributed by atoms with van der Waals surface area (Å²) in [6.07, 6.45) is 1.49. The van der Waals surface area contributed by atoms with Crippen molar-refractivity contribution in [3.8, 4) is 0 Å². The maximum absolute atomic E-state index is 13.1. The van der Waals surface area contributed by atoms with Gasteiger partial charge in [-0.1, -0.05) is 27.7 Å². The number of pyridine rings is 2. The van der Waals surface area contributed by atoms with Crippen LogP contribution in [-0.4, -0.2) is 21.9 Å². The van der Waals surface area contributed by atoms with Crippen LogP contribution in [-0.2, 0) is 4.79 Å². The van der Waals surface area contributed by atoms with Gasteiger partial charge in [0.2, 0.25) is 17.8 Å². The first-order chi connectivity index (χ1) is 12.1. The molecule has 26 heavy (non-hydrogen) atoms. The van der Waals surface area contributed by atoms with Gasteiger partial charge in [-0.05, 0) is 54.2 Å². The molecule has 0 aliphatic carbocycles. The van der Waals surface area contributed by atoms with Crippen LogP contribution in [0.4, 0.5) is 14.6 Å². The second-order valence-corrected chi connectivity index (χ2v) is 6.61. The quantitative estimate of drug-likeness (QED) is 0.804. The highest BCUT2D eigenvalue weighted by molar-refractivity contribution is 5.93. The summed E-state index contributed by atoms with van der Waals surface area (Å²) in [7, 11) is 0. The molecular formula is C19H26F2N4O. The Morgan fingerprint density at radius 2 is 1.58 bits per heavy atom. The second-order valence-electron chi connectivity index (χ2n) is 6.61. The molecule has 0 aromatic carbocycles. The summed E-state index contributed by atoms with van der Waals surface area (Å²) in [5, 5.41) is 2.46. The molecule has 2 aromatic rings. The largest absolute Gasteiger partial charge is 0.320 e. The van der Waals surface area contributed by atoms with E-state index in [0.29, 0.717) is 5.92 Å². The first-order valence-electron chi connectivity index (χ1n) is 8.45. The molecule has 0 saturated carbocycles. The average Bonchev–Trinajstić information content (AvgIpc) is 2.54. The van der Waals surface area contributed by atoms with Crippen LogP contribution in [0.25, 0.3) is 0 Å². The number of nitrogens with two attached hydrogens (primary N) is 1. The zero-order valence-corrected chi connectivity index (χ0v) is 15.8. The van der Waals surface area contributed by atoms with E-state index < -0.39 is 17.9 Å². The summed E-state index contributed by atoms with van der Waals surface area (Å²) < 4.78 is 25.6. The first kappa shape index (κ1) is 21.6. The monoisotopic (exact) mass is 364 g/mol. The number of nitrogens with zero attached hydrogens (tertiary/aromatic N) is 2. The number of rotatable bonds is 4. The lowest BCUT2D eigenvalue weighted by atomic mass is 10.1. The maximum Gasteiger partial charge on any atom is 0.242 e. The Morgan fingerprint density at radius 1 is 1.00 bits per heavy atom. The molecule has 2 aromatic heterocycles. The summed E-state index contributed by atoms with van der Waals surface area (Å²) >= 11 is 0. The van der Waals surface area contributed by atoms with Gasteiger partial charge in [-0.25, -0.2) is 9.97 Å². The third-order valence-corrected chi connectivity index (χ3v) is 3.57. The van der Waals surface area contributed by atoms with Crippen LogP contribution in [0.2, 0.25) is 0 Å². The van der Waals surface area contributed by atoms with Gasteiger partial charge in [0.15, 0.2) is 0 Å². The van der Waals surface area contributed by atoms with Crippen molar-refractivity contribution in [1.82, 2.24) is 9.97 Å². The van der Waals surface area contributed by atoms with E-state index in [1.54, 1.807) is 13.0 Å². The van der Waals surface area contributed by atoms with Crippen LogP contribution in [0.3, 0.4) is 0 Å². The van der Waals surface area contributed by atoms with Crippen LogP contribution in [0.15, 0.2) is 30.5 Å². The zero-order chi connectivity index (χ0) is 19.9. The minimum atomic E-state index is -0.646. The fraction of sp³-hybridized carbons (Fsp3) is 0.421. The predicted octanol–water partition coefficient (Wildman–Crippen LogP) is 3.97. The normalized spacial score (nSPS) is 11.8. The molecule has 0 radical (unpaired) electrons. The summed E-state index contributed by atoms with van der Waals surface area (Å²) in [4.78, 5) is 18.3. The van der Waals surface area contributed by atoms with Crippen molar-refractivity contribution in [3.63, 3.8) is 0 Å². The Kier molecular flexibility index (Phi) is 8.25. The van der Waals surface area contributed by atoms with Crippen LogP contribution >= 0.6 is 0 Å². The Hall–Kier alpha value is -2.41. The third-order valence-electron chi connectivity index (χ3n) is 3.57. The van der Waals surface area contributed by atoms with Crippen LogP contribution in [0, 0.1) is 11.9 Å². The fourth-order valence-electron chi connectivity index (χ4n) is 1.93. The standard InChI is InChI=1S/C11H16FN3O.C8H10FN/c1-6(2)8-4-9(12)14-10(5-8)15-11(16)7(3)13;1-6(2)7-3-4-10-8(9)5-7/h4-7H,13H2,1-3H3,(H,14,15,16);3-6H,1-2H3. The molecule has 2 heterocycles. The van der Waals surface area contributed by atoms with Gasteiger partial charge in [0, 0.05) is 6.20 Å². The van der Waals surface area contributed by atoms with Crippen molar-refractivity contribution >= 4 is 11.7 Å². The van der Waals surface area contributed by atoms with E-state index in [1.807, 2.05) is 33.8 Å². The molecule has 0 saturated heterocycles. The van der Waals surface area contributed by atoms with Crippen molar-refractivity contribution in [2.24, 2.45) is 5.73 Å². The number of carbonyl (C=O) groups is 1. The van der Waals surface area contributed by atoms with Gasteiger partial charge in [0.25, 0.3) is 0 Å². The molecule has 3 N–H and O–H groups in total. The minimum absolute atomic E-state index is 0.170. The number of halogens is 2. The number of carbonyl (C=O) groups excluding carboxylic acids is 1. The van der Waals surface area contributed by atoms with Crippen LogP contribution in [0.1, 0.15) is 57.6 Å². The predicted molar refractivity (Wildman–Crippen MR) is 98.8 cm³/mol. The molecule has 0 aliphatic heterocycles. The van der Waals surface area contributed by atoms with Gasteiger partial charge in [-0.3, -0.25) is 4.79 Å². The molecule has 0 aliphatic rings. The molecule has 1 atom stereocenters. The van der Waals surface area contributed by atoms with Crippen LogP contribution < -0.4 is 11.1 Å². The van der Waals surface area contributed by atoms with E-state index >= 15 is 0 Å². The van der Waals surface area contributed by atoms with Crippen LogP contribution in [0.5, 0.6) is 0 Å². The number of hydrogen-bond acceptors (Lipinski definition) is 4. The Balaban J connectivity index is 0.000000289. The highest BCUT2D eigenvalue weighted by atomic mass is 19.1. The molecule has 142 valence electrons. The number of nitrogens with one attached hydrogen (secondary N) is 1. The SMILES string of the molecule is CC(C)c1ccnc(F)c1.CC(N)C(=O)Nc1cc(C(C)C)cc(F)n1. The van der Waals surface area contributed by atoms with E-state index in [-0.39, 0.29) is 17.6 Å². The molecule has 0 bridgehead atoms. The third kappa shape index (κ3) is 7.23. The van der Waals surface area contributed by atoms with Crippen molar-refractivity contribution in [2.75, 3.05) is 5.32 Å². The fourth-order valence-corrected chi connectivity index (χ4v) is 1.93. The summed E-state index contributed by atoms with van der Waals surface area (Å²) in [6.45, 7) is 9.47. The molecular weight excluding hydrogens is 338 g/mol. The van der Waals surface area contributed by atoms with E-state index in [9.17, 15) is 13.6 Å². The molecule has 2 rings (SSSR count). The maximum atomic E-state index is 13.1. The Labute approximate surface area is 153 Å². The lowest BCUT2D eigenvalue weighted by molar-refractivity contribution is -0.117. The summed E-state index contributed by atoms with van der Waals surface area (Å²) in [5.41, 5.74) is 7.16. The Bertz CT molecular complexity index is 733. The van der Waals surface area contributed by atoms with Gasteiger partial charge in [-0.2, -0.15) is 8.78 Å². The highest BCUT2D eigenvalue weighted by Crippen LogP contribution is 2.18. The van der Waals surface area contributed by atoms with Gasteiger partial charge < -0.3 is 11.1 Å². The van der Waals surface area contributed by atoms with Gasteiger partial charge >= 0.3 is 0 Å². The minimum Gasteiger partial charge on any atom is -0.320 e. The van der Waals surface area contributed by atoms with E-state index in [1.165, 1.54) is 18.3 Å². The molecule has 7 heteroatoms. The van der Waals surface area contributed by atoms with E-state index in [2.05, 4.69) is 15.3 Å². The van der Waals surface area contributed by atoms with E-state index in [0.717, 1.165) is 11.1 Å². The lowest BCUT2D eigenvalue weighted by Gasteiger charge is -2.10. The second kappa shape index (κ2) is 9.91. The molecule has 5 nitrogen and oxygen atoms in total. The Morgan fingerprint density at radius 3 is 2.04 bits per heavy atom. The average molecular weight is 364 g/mol. The summed E-state index contributed by atoms with van der Waals surface area (Å²) in [5.74, 6) is -0.642. The number of anilines is 1. The lowest BCUT2D eigenvalue weighted by Crippen LogP contribution is -2.32. The molecule has 0 spiro atoms. The van der Waals surface area contributed by atoms with Crippen molar-refractivity contribution < 1.29 is 13.6 Å². The topological polar surface area (TPSA) is 80.9 Å². The zero-order valence-electron chi connectivity index (χ0n) is 15.8. The smallest absolute Gasteiger partial charge is 0.242 e. The first-order valence-corrected chi connectivity index (χ1v) is 8.45. The molecule has 0 fully saturated rings. The number of hydrogen-bond donors (Lipinski definition) is 2. The van der Waals surface area contributed by atoms with Crippen molar-refractivity contribution in [1.29, 1.82) is 0 Å². The van der Waals surface area contributed by atoms with E-state index in [4.69, 9.17) is 5.73 Å². The van der Waals surface area contributed by atoms with Gasteiger partial charge in [0.05, 0.1) is 6.04 Å².